The number of rotatable bonds is 3. The number of aliphatic hydroxyl groups excluding tert-OH is 2. The molecule has 0 amide bonds. The standard InChI is InChI=1S/C4H6O6.C2H4O3/c5-1(3(7)8)2(6)4(9)10;1-2(3)5-4/h1-2,5-6H,(H,7,8)(H,9,10);4H,1H3. The minimum atomic E-state index is -2.27. The molecule has 0 fully saturated rings. The highest BCUT2D eigenvalue weighted by Gasteiger charge is 2.29. The van der Waals surface area contributed by atoms with Gasteiger partial charge in [-0.15, -0.1) is 0 Å². The first kappa shape index (κ1) is 15.7. The van der Waals surface area contributed by atoms with Crippen molar-refractivity contribution in [2.45, 2.75) is 19.1 Å². The van der Waals surface area contributed by atoms with Crippen LogP contribution in [0.25, 0.3) is 0 Å². The molecule has 0 aromatic carbocycles. The lowest BCUT2D eigenvalue weighted by Gasteiger charge is -2.07. The second kappa shape index (κ2) is 7.67. The van der Waals surface area contributed by atoms with E-state index in [2.05, 4.69) is 4.89 Å². The van der Waals surface area contributed by atoms with Crippen molar-refractivity contribution in [3.8, 4) is 0 Å². The Morgan fingerprint density at radius 1 is 1.00 bits per heavy atom. The first-order chi connectivity index (χ1) is 6.73. The maximum atomic E-state index is 9.77. The van der Waals surface area contributed by atoms with Crippen molar-refractivity contribution < 1.29 is 45.0 Å². The number of hydrogen-bond acceptors (Lipinski definition) is 7. The zero-order valence-corrected chi connectivity index (χ0v) is 7.52. The van der Waals surface area contributed by atoms with Crippen molar-refractivity contribution in [2.75, 3.05) is 0 Å². The molecule has 0 aliphatic carbocycles. The van der Waals surface area contributed by atoms with Gasteiger partial charge in [-0.05, 0) is 0 Å². The van der Waals surface area contributed by atoms with Crippen molar-refractivity contribution >= 4 is 17.9 Å². The minimum absolute atomic E-state index is 0.690. The van der Waals surface area contributed by atoms with Gasteiger partial charge >= 0.3 is 17.9 Å². The summed E-state index contributed by atoms with van der Waals surface area (Å²) in [5.41, 5.74) is 0. The zero-order valence-electron chi connectivity index (χ0n) is 7.52. The lowest BCUT2D eigenvalue weighted by molar-refractivity contribution is -0.231. The van der Waals surface area contributed by atoms with Crippen molar-refractivity contribution in [2.24, 2.45) is 0 Å². The van der Waals surface area contributed by atoms with Gasteiger partial charge < -0.3 is 25.3 Å². The Morgan fingerprint density at radius 2 is 1.20 bits per heavy atom. The lowest BCUT2D eigenvalue weighted by atomic mass is 10.2. The van der Waals surface area contributed by atoms with Crippen LogP contribution in [0.15, 0.2) is 0 Å². The fraction of sp³-hybridized carbons (Fsp3) is 0.500. The molecular formula is C6H10O9. The van der Waals surface area contributed by atoms with Crippen molar-refractivity contribution in [3.63, 3.8) is 0 Å². The third kappa shape index (κ3) is 8.62. The van der Waals surface area contributed by atoms with Gasteiger partial charge in [0.15, 0.2) is 12.2 Å². The fourth-order valence-corrected chi connectivity index (χ4v) is 0.270. The molecule has 0 bridgehead atoms. The molecule has 0 aliphatic heterocycles. The maximum absolute atomic E-state index is 9.77. The Labute approximate surface area is 83.1 Å². The van der Waals surface area contributed by atoms with E-state index in [1.165, 1.54) is 0 Å². The number of carboxylic acid groups (broad SMARTS) is 2. The van der Waals surface area contributed by atoms with Crippen LogP contribution < -0.4 is 0 Å². The molecule has 0 saturated carbocycles. The van der Waals surface area contributed by atoms with Crippen LogP contribution in [0.1, 0.15) is 6.92 Å². The highest BCUT2D eigenvalue weighted by Crippen LogP contribution is 1.92. The predicted octanol–water partition coefficient (Wildman–Crippen LogP) is -2.10. The van der Waals surface area contributed by atoms with Gasteiger partial charge in [-0.1, -0.05) is 0 Å². The van der Waals surface area contributed by atoms with Crippen LogP contribution >= 0.6 is 0 Å². The van der Waals surface area contributed by atoms with Gasteiger partial charge in [-0.2, -0.15) is 5.26 Å². The average Bonchev–Trinajstić information content (AvgIpc) is 2.16. The summed E-state index contributed by atoms with van der Waals surface area (Å²) in [6.07, 6.45) is -4.53. The van der Waals surface area contributed by atoms with Crippen LogP contribution in [0.4, 0.5) is 0 Å². The normalized spacial score (nSPS) is 12.8. The summed E-state index contributed by atoms with van der Waals surface area (Å²) < 4.78 is 0. The molecule has 15 heavy (non-hydrogen) atoms. The third-order valence-electron chi connectivity index (χ3n) is 0.934. The molecule has 0 aliphatic rings. The predicted molar refractivity (Wildman–Crippen MR) is 41.7 cm³/mol. The topological polar surface area (TPSA) is 162 Å². The van der Waals surface area contributed by atoms with Crippen LogP contribution in [0.5, 0.6) is 0 Å². The van der Waals surface area contributed by atoms with E-state index in [-0.39, 0.29) is 0 Å². The Balaban J connectivity index is 0. The molecule has 5 N–H and O–H groups in total. The number of carbonyl (C=O) groups excluding carboxylic acids is 1. The van der Waals surface area contributed by atoms with Crippen LogP contribution in [-0.4, -0.2) is 55.8 Å². The molecule has 0 rings (SSSR count). The summed E-state index contributed by atoms with van der Waals surface area (Å²) in [5.74, 6) is -4.23. The first-order valence-electron chi connectivity index (χ1n) is 3.37. The van der Waals surface area contributed by atoms with Crippen molar-refractivity contribution in [1.29, 1.82) is 0 Å². The number of hydrogen-bond donors (Lipinski definition) is 5. The van der Waals surface area contributed by atoms with Gasteiger partial charge in [0.05, 0.1) is 0 Å². The van der Waals surface area contributed by atoms with E-state index in [1.807, 2.05) is 0 Å². The number of carboxylic acids is 2. The molecule has 0 saturated heterocycles. The maximum Gasteiger partial charge on any atom is 0.339 e. The molecule has 2 atom stereocenters. The average molecular weight is 226 g/mol. The van der Waals surface area contributed by atoms with E-state index in [1.54, 1.807) is 0 Å². The van der Waals surface area contributed by atoms with E-state index in [0.29, 0.717) is 0 Å². The monoisotopic (exact) mass is 226 g/mol. The summed E-state index contributed by atoms with van der Waals surface area (Å²) in [7, 11) is 0. The Hall–Kier alpha value is -1.71. The quantitative estimate of drug-likeness (QED) is 0.268. The Morgan fingerprint density at radius 3 is 1.27 bits per heavy atom. The molecule has 88 valence electrons. The second-order valence-electron chi connectivity index (χ2n) is 2.15. The third-order valence-corrected chi connectivity index (χ3v) is 0.934. The number of aliphatic carboxylic acids is 2. The van der Waals surface area contributed by atoms with Gasteiger partial charge in [-0.3, -0.25) is 0 Å². The summed E-state index contributed by atoms with van der Waals surface area (Å²) in [6, 6.07) is 0. The molecule has 9 nitrogen and oxygen atoms in total. The molecule has 0 radical (unpaired) electrons. The van der Waals surface area contributed by atoms with Crippen molar-refractivity contribution in [3.05, 3.63) is 0 Å². The molecule has 0 spiro atoms. The van der Waals surface area contributed by atoms with E-state index >= 15 is 0 Å². The van der Waals surface area contributed by atoms with E-state index in [9.17, 15) is 14.4 Å². The summed E-state index contributed by atoms with van der Waals surface area (Å²) in [6.45, 7) is 1.11. The minimum Gasteiger partial charge on any atom is -0.479 e. The second-order valence-corrected chi connectivity index (χ2v) is 2.15. The molecule has 0 aromatic heterocycles. The zero-order chi connectivity index (χ0) is 12.6. The van der Waals surface area contributed by atoms with E-state index in [0.717, 1.165) is 6.92 Å². The molecule has 0 aromatic rings. The SMILES string of the molecule is CC(=O)OO.O=C(O)C(O)C(O)C(=O)O. The van der Waals surface area contributed by atoms with Crippen LogP contribution in [0, 0.1) is 0 Å². The smallest absolute Gasteiger partial charge is 0.339 e. The van der Waals surface area contributed by atoms with Crippen molar-refractivity contribution in [1.82, 2.24) is 0 Å². The summed E-state index contributed by atoms with van der Waals surface area (Å²) in [5, 5.41) is 39.8. The van der Waals surface area contributed by atoms with Crippen LogP contribution in [0.2, 0.25) is 0 Å². The number of aliphatic hydroxyl groups is 2. The van der Waals surface area contributed by atoms with Crippen LogP contribution in [0.3, 0.4) is 0 Å². The summed E-state index contributed by atoms with van der Waals surface area (Å²) in [4.78, 5) is 32.0. The van der Waals surface area contributed by atoms with E-state index in [4.69, 9.17) is 25.7 Å². The molecule has 0 heterocycles. The Bertz CT molecular complexity index is 217. The van der Waals surface area contributed by atoms with Gasteiger partial charge in [-0.25, -0.2) is 14.4 Å². The lowest BCUT2D eigenvalue weighted by Crippen LogP contribution is -2.39. The van der Waals surface area contributed by atoms with Gasteiger partial charge in [0, 0.05) is 6.92 Å². The van der Waals surface area contributed by atoms with E-state index < -0.39 is 30.1 Å². The molecular weight excluding hydrogens is 216 g/mol. The Kier molecular flexibility index (Phi) is 8.05. The van der Waals surface area contributed by atoms with Crippen LogP contribution in [-0.2, 0) is 19.3 Å². The molecule has 9 heteroatoms. The summed E-state index contributed by atoms with van der Waals surface area (Å²) >= 11 is 0. The van der Waals surface area contributed by atoms with Gasteiger partial charge in [0.1, 0.15) is 0 Å². The highest BCUT2D eigenvalue weighted by atomic mass is 17.1. The largest absolute Gasteiger partial charge is 0.479 e. The van der Waals surface area contributed by atoms with Gasteiger partial charge in [0.2, 0.25) is 0 Å². The molecule has 2 unspecified atom stereocenters. The first-order valence-corrected chi connectivity index (χ1v) is 3.37. The fourth-order valence-electron chi connectivity index (χ4n) is 0.270. The van der Waals surface area contributed by atoms with Gasteiger partial charge in [0.25, 0.3) is 0 Å². The highest BCUT2D eigenvalue weighted by molar-refractivity contribution is 5.83. The number of carbonyl (C=O) groups is 3.